The van der Waals surface area contributed by atoms with E-state index in [0.29, 0.717) is 24.1 Å². The van der Waals surface area contributed by atoms with E-state index in [0.717, 1.165) is 22.2 Å². The third-order valence-electron chi connectivity index (χ3n) is 7.15. The summed E-state index contributed by atoms with van der Waals surface area (Å²) >= 11 is 0. The van der Waals surface area contributed by atoms with Crippen LogP contribution < -0.4 is 10.6 Å². The van der Waals surface area contributed by atoms with Gasteiger partial charge in [0.1, 0.15) is 11.5 Å². The summed E-state index contributed by atoms with van der Waals surface area (Å²) in [7, 11) is 2.46. The van der Waals surface area contributed by atoms with E-state index < -0.39 is 17.9 Å². The zero-order valence-electron chi connectivity index (χ0n) is 22.7. The van der Waals surface area contributed by atoms with Crippen molar-refractivity contribution in [3.63, 3.8) is 0 Å². The van der Waals surface area contributed by atoms with Crippen LogP contribution in [0.25, 0.3) is 10.9 Å². The molecule has 0 spiro atoms. The number of fused-ring (bicyclic) bond motifs is 1. The Balaban J connectivity index is 1.65. The van der Waals surface area contributed by atoms with Crippen molar-refractivity contribution in [3.8, 4) is 6.07 Å². The molecule has 1 unspecified atom stereocenters. The lowest BCUT2D eigenvalue weighted by Gasteiger charge is -2.36. The number of pyridine rings is 1. The van der Waals surface area contributed by atoms with Gasteiger partial charge in [0, 0.05) is 11.1 Å². The largest absolute Gasteiger partial charge is 0.466 e. The van der Waals surface area contributed by atoms with Crippen molar-refractivity contribution in [1.82, 2.24) is 4.98 Å². The lowest BCUT2D eigenvalue weighted by molar-refractivity contribution is -0.139. The number of para-hydroxylation sites is 2. The van der Waals surface area contributed by atoms with Crippen LogP contribution >= 0.6 is 0 Å². The van der Waals surface area contributed by atoms with Crippen LogP contribution in [0.3, 0.4) is 0 Å². The molecule has 0 saturated carbocycles. The predicted octanol–water partition coefficient (Wildman–Crippen LogP) is 4.92. The Bertz CT molecular complexity index is 1740. The van der Waals surface area contributed by atoms with Crippen LogP contribution in [-0.4, -0.2) is 31.1 Å². The molecule has 41 heavy (non-hydrogen) atoms. The summed E-state index contributed by atoms with van der Waals surface area (Å²) in [6.07, 6.45) is 1.16. The van der Waals surface area contributed by atoms with E-state index >= 15 is 0 Å². The third kappa shape index (κ3) is 5.13. The van der Waals surface area contributed by atoms with E-state index in [1.54, 1.807) is 30.3 Å². The Labute approximate surface area is 237 Å². The second-order valence-corrected chi connectivity index (χ2v) is 9.46. The molecule has 5 rings (SSSR count). The molecule has 4 aromatic rings. The Hall–Kier alpha value is -5.42. The third-order valence-corrected chi connectivity index (χ3v) is 7.15. The molecule has 0 bridgehead atoms. The number of benzene rings is 3. The lowest BCUT2D eigenvalue weighted by atomic mass is 9.80. The van der Waals surface area contributed by atoms with Crippen molar-refractivity contribution in [2.45, 2.75) is 18.8 Å². The molecule has 2 heterocycles. The highest BCUT2D eigenvalue weighted by molar-refractivity contribution is 6.06. The number of methoxy groups -OCH3 is 2. The maximum atomic E-state index is 13.4. The number of nitrogens with two attached hydrogens (primary N) is 1. The van der Waals surface area contributed by atoms with Gasteiger partial charge in [-0.3, -0.25) is 9.88 Å². The number of allylic oxidation sites excluding steroid dienone is 1. The molecule has 3 aromatic carbocycles. The maximum absolute atomic E-state index is 13.4. The van der Waals surface area contributed by atoms with Crippen molar-refractivity contribution >= 4 is 28.5 Å². The molecule has 0 fully saturated rings. The number of esters is 2. The molecule has 204 valence electrons. The minimum absolute atomic E-state index is 0.0256. The number of aromatic nitrogens is 1. The Morgan fingerprint density at radius 1 is 0.878 bits per heavy atom. The first-order valence-corrected chi connectivity index (χ1v) is 13.1. The number of nitriles is 1. The minimum Gasteiger partial charge on any atom is -0.466 e. The molecule has 1 aliphatic heterocycles. The van der Waals surface area contributed by atoms with Crippen LogP contribution in [0.4, 0.5) is 5.69 Å². The van der Waals surface area contributed by atoms with Gasteiger partial charge in [-0.1, -0.05) is 72.8 Å². The number of nitrogens with zero attached hydrogens (tertiary/aromatic N) is 3. The minimum atomic E-state index is -0.923. The second kappa shape index (κ2) is 11.8. The molecule has 8 nitrogen and oxygen atoms in total. The number of carbonyl (C=O) groups excluding carboxylic acids is 2. The molecule has 0 radical (unpaired) electrons. The van der Waals surface area contributed by atoms with E-state index in [4.69, 9.17) is 20.2 Å². The summed E-state index contributed by atoms with van der Waals surface area (Å²) in [5.74, 6) is -2.43. The summed E-state index contributed by atoms with van der Waals surface area (Å²) in [5, 5.41) is 11.4. The van der Waals surface area contributed by atoms with Gasteiger partial charge in [0.15, 0.2) is 0 Å². The standard InChI is InChI=1S/C33H28N4O4/c1-40-32(38)29-28(23-12-4-3-5-13-23)25(20-34)31(35)37(30(29)33(39)41-2)27-15-9-7-11-22(27)17-19-24-18-16-21-10-6-8-14-26(21)36-24/h3-16,18,28H,17,19,35H2,1-2H3. The average Bonchev–Trinajstić information content (AvgIpc) is 3.02. The van der Waals surface area contributed by atoms with Crippen molar-refractivity contribution in [2.24, 2.45) is 5.73 Å². The molecule has 0 saturated heterocycles. The number of anilines is 1. The second-order valence-electron chi connectivity index (χ2n) is 9.46. The monoisotopic (exact) mass is 544 g/mol. The SMILES string of the molecule is COC(=O)C1=C(C(=O)OC)N(c2ccccc2CCc2ccc3ccccc3n2)C(N)=C(C#N)C1c1ccccc1. The summed E-state index contributed by atoms with van der Waals surface area (Å²) in [6, 6.07) is 30.5. The number of rotatable bonds is 7. The highest BCUT2D eigenvalue weighted by atomic mass is 16.5. The smallest absolute Gasteiger partial charge is 0.355 e. The van der Waals surface area contributed by atoms with Gasteiger partial charge < -0.3 is 15.2 Å². The quantitative estimate of drug-likeness (QED) is 0.326. The van der Waals surface area contributed by atoms with Gasteiger partial charge in [0.2, 0.25) is 0 Å². The Morgan fingerprint density at radius 3 is 2.29 bits per heavy atom. The summed E-state index contributed by atoms with van der Waals surface area (Å²) < 4.78 is 10.3. The van der Waals surface area contributed by atoms with Gasteiger partial charge >= 0.3 is 11.9 Å². The molecular formula is C33H28N4O4. The molecule has 0 aliphatic carbocycles. The predicted molar refractivity (Wildman–Crippen MR) is 155 cm³/mol. The zero-order valence-corrected chi connectivity index (χ0v) is 22.7. The van der Waals surface area contributed by atoms with Gasteiger partial charge in [0.25, 0.3) is 0 Å². The maximum Gasteiger partial charge on any atom is 0.355 e. The zero-order chi connectivity index (χ0) is 28.9. The molecule has 1 atom stereocenters. The van der Waals surface area contributed by atoms with Crippen LogP contribution in [0.15, 0.2) is 114 Å². The number of aryl methyl sites for hydroxylation is 2. The van der Waals surface area contributed by atoms with E-state index in [1.165, 1.54) is 19.1 Å². The van der Waals surface area contributed by atoms with Crippen LogP contribution in [0.1, 0.15) is 22.7 Å². The van der Waals surface area contributed by atoms with Crippen molar-refractivity contribution in [1.29, 1.82) is 5.26 Å². The fourth-order valence-corrected chi connectivity index (χ4v) is 5.21. The Kier molecular flexibility index (Phi) is 7.79. The van der Waals surface area contributed by atoms with Gasteiger partial charge in [-0.15, -0.1) is 0 Å². The van der Waals surface area contributed by atoms with Crippen molar-refractivity contribution < 1.29 is 19.1 Å². The number of carbonyl (C=O) groups is 2. The highest BCUT2D eigenvalue weighted by Crippen LogP contribution is 2.44. The average molecular weight is 545 g/mol. The molecule has 8 heteroatoms. The topological polar surface area (TPSA) is 119 Å². The van der Waals surface area contributed by atoms with Gasteiger partial charge in [0.05, 0.1) is 48.6 Å². The van der Waals surface area contributed by atoms with E-state index in [1.807, 2.05) is 60.7 Å². The number of ether oxygens (including phenoxy) is 2. The fraction of sp³-hybridized carbons (Fsp3) is 0.152. The lowest BCUT2D eigenvalue weighted by Crippen LogP contribution is -2.41. The highest BCUT2D eigenvalue weighted by Gasteiger charge is 2.43. The van der Waals surface area contributed by atoms with E-state index in [-0.39, 0.29) is 22.7 Å². The first-order chi connectivity index (χ1) is 20.0. The van der Waals surface area contributed by atoms with Crippen molar-refractivity contribution in [3.05, 3.63) is 130 Å². The number of hydrogen-bond donors (Lipinski definition) is 1. The molecule has 2 N–H and O–H groups in total. The van der Waals surface area contributed by atoms with Gasteiger partial charge in [-0.05, 0) is 42.2 Å². The van der Waals surface area contributed by atoms with Crippen LogP contribution in [-0.2, 0) is 31.9 Å². The molecule has 1 aromatic heterocycles. The molecule has 0 amide bonds. The van der Waals surface area contributed by atoms with Crippen LogP contribution in [0.5, 0.6) is 0 Å². The summed E-state index contributed by atoms with van der Waals surface area (Å²) in [4.78, 5) is 33.0. The first-order valence-electron chi connectivity index (χ1n) is 13.1. The first kappa shape index (κ1) is 27.2. The van der Waals surface area contributed by atoms with Crippen molar-refractivity contribution in [2.75, 3.05) is 19.1 Å². The van der Waals surface area contributed by atoms with Gasteiger partial charge in [-0.25, -0.2) is 9.59 Å². The molecule has 1 aliphatic rings. The van der Waals surface area contributed by atoms with Crippen LogP contribution in [0.2, 0.25) is 0 Å². The Morgan fingerprint density at radius 2 is 1.56 bits per heavy atom. The summed E-state index contributed by atoms with van der Waals surface area (Å²) in [6.45, 7) is 0. The normalized spacial score (nSPS) is 15.0. The number of hydrogen-bond acceptors (Lipinski definition) is 8. The van der Waals surface area contributed by atoms with E-state index in [9.17, 15) is 14.9 Å². The summed E-state index contributed by atoms with van der Waals surface area (Å²) in [5.41, 5.74) is 10.5. The fourth-order valence-electron chi connectivity index (χ4n) is 5.21. The van der Waals surface area contributed by atoms with Crippen LogP contribution in [0, 0.1) is 11.3 Å². The van der Waals surface area contributed by atoms with Gasteiger partial charge in [-0.2, -0.15) is 5.26 Å². The molecular weight excluding hydrogens is 516 g/mol. The van der Waals surface area contributed by atoms with E-state index in [2.05, 4.69) is 6.07 Å².